The maximum atomic E-state index is 13.1. The van der Waals surface area contributed by atoms with E-state index in [1.165, 1.54) is 5.56 Å². The average Bonchev–Trinajstić information content (AvgIpc) is 2.71. The lowest BCUT2D eigenvalue weighted by Gasteiger charge is -1.99. The average molecular weight is 258 g/mol. The lowest BCUT2D eigenvalue weighted by atomic mass is 10.1. The Morgan fingerprint density at radius 1 is 1.11 bits per heavy atom. The molecule has 0 saturated heterocycles. The fraction of sp³-hybridized carbons (Fsp3) is 0.133. The molecule has 0 saturated carbocycles. The SMILES string of the molecule is Cc1cccc(Cc2nc3cc(F)c(F)cc3[nH]2)c1. The second-order valence-corrected chi connectivity index (χ2v) is 4.63. The summed E-state index contributed by atoms with van der Waals surface area (Å²) < 4.78 is 26.2. The molecule has 1 N–H and O–H groups in total. The first-order valence-electron chi connectivity index (χ1n) is 6.01. The first kappa shape index (κ1) is 11.8. The van der Waals surface area contributed by atoms with E-state index in [0.29, 0.717) is 23.3 Å². The quantitative estimate of drug-likeness (QED) is 0.745. The smallest absolute Gasteiger partial charge is 0.161 e. The van der Waals surface area contributed by atoms with Crippen LogP contribution in [0.1, 0.15) is 17.0 Å². The van der Waals surface area contributed by atoms with Gasteiger partial charge in [-0.25, -0.2) is 13.8 Å². The first-order chi connectivity index (χ1) is 9.11. The topological polar surface area (TPSA) is 28.7 Å². The van der Waals surface area contributed by atoms with Gasteiger partial charge >= 0.3 is 0 Å². The number of fused-ring (bicyclic) bond motifs is 1. The number of H-pyrrole nitrogens is 1. The fourth-order valence-corrected chi connectivity index (χ4v) is 2.16. The lowest BCUT2D eigenvalue weighted by molar-refractivity contribution is 0.510. The number of hydrogen-bond acceptors (Lipinski definition) is 1. The highest BCUT2D eigenvalue weighted by Gasteiger charge is 2.09. The number of halogens is 2. The van der Waals surface area contributed by atoms with Crippen molar-refractivity contribution in [2.75, 3.05) is 0 Å². The second-order valence-electron chi connectivity index (χ2n) is 4.63. The third-order valence-electron chi connectivity index (χ3n) is 3.03. The highest BCUT2D eigenvalue weighted by atomic mass is 19.2. The van der Waals surface area contributed by atoms with Crippen LogP contribution in [0.15, 0.2) is 36.4 Å². The molecule has 0 atom stereocenters. The van der Waals surface area contributed by atoms with Crippen molar-refractivity contribution in [3.63, 3.8) is 0 Å². The summed E-state index contributed by atoms with van der Waals surface area (Å²) >= 11 is 0. The summed E-state index contributed by atoms with van der Waals surface area (Å²) in [4.78, 5) is 7.29. The number of nitrogens with zero attached hydrogens (tertiary/aromatic N) is 1. The largest absolute Gasteiger partial charge is 0.342 e. The predicted octanol–water partition coefficient (Wildman–Crippen LogP) is 3.74. The van der Waals surface area contributed by atoms with Crippen molar-refractivity contribution in [2.45, 2.75) is 13.3 Å². The van der Waals surface area contributed by atoms with Gasteiger partial charge in [-0.05, 0) is 12.5 Å². The van der Waals surface area contributed by atoms with E-state index < -0.39 is 11.6 Å². The molecule has 0 spiro atoms. The van der Waals surface area contributed by atoms with Gasteiger partial charge in [0.05, 0.1) is 11.0 Å². The maximum absolute atomic E-state index is 13.1. The van der Waals surface area contributed by atoms with Crippen LogP contribution in [0.2, 0.25) is 0 Å². The van der Waals surface area contributed by atoms with Crippen LogP contribution in [0.25, 0.3) is 11.0 Å². The number of aromatic amines is 1. The number of aryl methyl sites for hydroxylation is 1. The molecule has 0 aliphatic heterocycles. The van der Waals surface area contributed by atoms with E-state index in [1.54, 1.807) is 0 Å². The van der Waals surface area contributed by atoms with E-state index in [4.69, 9.17) is 0 Å². The molecule has 2 aromatic carbocycles. The van der Waals surface area contributed by atoms with E-state index in [-0.39, 0.29) is 0 Å². The molecule has 0 aliphatic rings. The Bertz CT molecular complexity index is 708. The standard InChI is InChI=1S/C15H12F2N2/c1-9-3-2-4-10(5-9)6-15-18-13-7-11(16)12(17)8-14(13)19-15/h2-5,7-8H,6H2,1H3,(H,18,19). The predicted molar refractivity (Wildman–Crippen MR) is 70.0 cm³/mol. The number of imidazole rings is 1. The molecule has 4 heteroatoms. The number of hydrogen-bond donors (Lipinski definition) is 1. The van der Waals surface area contributed by atoms with E-state index in [2.05, 4.69) is 16.0 Å². The summed E-state index contributed by atoms with van der Waals surface area (Å²) in [7, 11) is 0. The molecule has 2 nitrogen and oxygen atoms in total. The Balaban J connectivity index is 1.97. The summed E-state index contributed by atoms with van der Waals surface area (Å²) in [5.74, 6) is -1.04. The number of nitrogens with one attached hydrogen (secondary N) is 1. The monoisotopic (exact) mass is 258 g/mol. The van der Waals surface area contributed by atoms with Crippen molar-refractivity contribution in [3.05, 3.63) is 65.0 Å². The molecule has 3 aromatic rings. The molecule has 3 rings (SSSR count). The van der Waals surface area contributed by atoms with E-state index in [0.717, 1.165) is 17.7 Å². The Kier molecular flexibility index (Phi) is 2.78. The van der Waals surface area contributed by atoms with Crippen molar-refractivity contribution in [2.24, 2.45) is 0 Å². The van der Waals surface area contributed by atoms with E-state index >= 15 is 0 Å². The molecule has 19 heavy (non-hydrogen) atoms. The van der Waals surface area contributed by atoms with Crippen molar-refractivity contribution in [1.82, 2.24) is 9.97 Å². The highest BCUT2D eigenvalue weighted by molar-refractivity contribution is 5.75. The fourth-order valence-electron chi connectivity index (χ4n) is 2.16. The van der Waals surface area contributed by atoms with Crippen LogP contribution in [-0.4, -0.2) is 9.97 Å². The van der Waals surface area contributed by atoms with Crippen LogP contribution in [0.3, 0.4) is 0 Å². The first-order valence-corrected chi connectivity index (χ1v) is 6.01. The van der Waals surface area contributed by atoms with Crippen molar-refractivity contribution in [3.8, 4) is 0 Å². The third kappa shape index (κ3) is 2.34. The summed E-state index contributed by atoms with van der Waals surface area (Å²) in [6, 6.07) is 10.3. The normalized spacial score (nSPS) is 11.1. The van der Waals surface area contributed by atoms with Crippen LogP contribution in [-0.2, 0) is 6.42 Å². The second kappa shape index (κ2) is 4.46. The molecule has 0 bridgehead atoms. The summed E-state index contributed by atoms with van der Waals surface area (Å²) in [5.41, 5.74) is 3.24. The van der Waals surface area contributed by atoms with E-state index in [9.17, 15) is 8.78 Å². The van der Waals surface area contributed by atoms with Crippen LogP contribution < -0.4 is 0 Å². The van der Waals surface area contributed by atoms with Crippen LogP contribution in [0.4, 0.5) is 8.78 Å². The lowest BCUT2D eigenvalue weighted by Crippen LogP contribution is -1.90. The Morgan fingerprint density at radius 2 is 1.89 bits per heavy atom. The van der Waals surface area contributed by atoms with Crippen molar-refractivity contribution < 1.29 is 8.78 Å². The van der Waals surface area contributed by atoms with Gasteiger partial charge in [0.2, 0.25) is 0 Å². The zero-order valence-electron chi connectivity index (χ0n) is 10.4. The molecular formula is C15H12F2N2. The molecule has 0 fully saturated rings. The molecule has 96 valence electrons. The molecule has 0 amide bonds. The zero-order chi connectivity index (χ0) is 13.4. The van der Waals surface area contributed by atoms with Crippen molar-refractivity contribution in [1.29, 1.82) is 0 Å². The van der Waals surface area contributed by atoms with Gasteiger partial charge in [0, 0.05) is 18.6 Å². The van der Waals surface area contributed by atoms with Gasteiger partial charge in [0.15, 0.2) is 11.6 Å². The van der Waals surface area contributed by atoms with Gasteiger partial charge < -0.3 is 4.98 Å². The Hall–Kier alpha value is -2.23. The highest BCUT2D eigenvalue weighted by Crippen LogP contribution is 2.18. The number of aromatic nitrogens is 2. The minimum absolute atomic E-state index is 0.446. The molecule has 1 heterocycles. The van der Waals surface area contributed by atoms with Gasteiger partial charge in [0.1, 0.15) is 5.82 Å². The van der Waals surface area contributed by atoms with Gasteiger partial charge in [-0.15, -0.1) is 0 Å². The Morgan fingerprint density at radius 3 is 2.68 bits per heavy atom. The van der Waals surface area contributed by atoms with Crippen LogP contribution >= 0.6 is 0 Å². The maximum Gasteiger partial charge on any atom is 0.161 e. The summed E-state index contributed by atoms with van der Waals surface area (Å²) in [6.07, 6.45) is 0.611. The van der Waals surface area contributed by atoms with Gasteiger partial charge in [0.25, 0.3) is 0 Å². The molecule has 1 aromatic heterocycles. The number of benzene rings is 2. The summed E-state index contributed by atoms with van der Waals surface area (Å²) in [6.45, 7) is 2.02. The molecule has 0 radical (unpaired) electrons. The Labute approximate surface area is 109 Å². The summed E-state index contributed by atoms with van der Waals surface area (Å²) in [5, 5.41) is 0. The van der Waals surface area contributed by atoms with Crippen LogP contribution in [0, 0.1) is 18.6 Å². The van der Waals surface area contributed by atoms with Gasteiger partial charge in [-0.1, -0.05) is 29.8 Å². The third-order valence-corrected chi connectivity index (χ3v) is 3.03. The zero-order valence-corrected chi connectivity index (χ0v) is 10.4. The van der Waals surface area contributed by atoms with Gasteiger partial charge in [-0.3, -0.25) is 0 Å². The van der Waals surface area contributed by atoms with Crippen molar-refractivity contribution >= 4 is 11.0 Å². The van der Waals surface area contributed by atoms with Gasteiger partial charge in [-0.2, -0.15) is 0 Å². The molecule has 0 aliphatic carbocycles. The molecular weight excluding hydrogens is 246 g/mol. The van der Waals surface area contributed by atoms with Crippen LogP contribution in [0.5, 0.6) is 0 Å². The molecule has 0 unspecified atom stereocenters. The minimum atomic E-state index is -0.874. The van der Waals surface area contributed by atoms with E-state index in [1.807, 2.05) is 25.1 Å². The minimum Gasteiger partial charge on any atom is -0.342 e. The number of rotatable bonds is 2.